The number of nitrogens with zero attached hydrogens (tertiary/aromatic N) is 4. The van der Waals surface area contributed by atoms with Gasteiger partial charge >= 0.3 is 0 Å². The number of benzene rings is 1. The average molecular weight is 304 g/mol. The van der Waals surface area contributed by atoms with Crippen LogP contribution in [0.3, 0.4) is 0 Å². The lowest BCUT2D eigenvalue weighted by Gasteiger charge is -2.34. The predicted octanol–water partition coefficient (Wildman–Crippen LogP) is 2.54. The number of rotatable bonds is 1. The van der Waals surface area contributed by atoms with E-state index in [1.165, 1.54) is 11.1 Å². The molecule has 3 heterocycles. The number of imidazole rings is 1. The zero-order chi connectivity index (χ0) is 15.4. The minimum absolute atomic E-state index is 0.102. The highest BCUT2D eigenvalue weighted by Crippen LogP contribution is 2.49. The Morgan fingerprint density at radius 1 is 1.09 bits per heavy atom. The maximum atomic E-state index is 11.0. The van der Waals surface area contributed by atoms with Crippen LogP contribution in [0.1, 0.15) is 35.4 Å². The molecule has 1 aliphatic heterocycles. The van der Waals surface area contributed by atoms with E-state index < -0.39 is 6.10 Å². The molecule has 5 nitrogen and oxygen atoms in total. The van der Waals surface area contributed by atoms with Gasteiger partial charge in [-0.1, -0.05) is 24.3 Å². The van der Waals surface area contributed by atoms with Gasteiger partial charge in [0.2, 0.25) is 0 Å². The first-order chi connectivity index (χ1) is 11.3. The van der Waals surface area contributed by atoms with Crippen LogP contribution in [0.2, 0.25) is 0 Å². The number of aliphatic hydroxyl groups is 1. The SMILES string of the molecule is O[C@@H]1c2cncnc2CC[C@@H]1[C@@H]1c2ccccc2-c2cncn21. The van der Waals surface area contributed by atoms with Gasteiger partial charge in [0.25, 0.3) is 0 Å². The number of aliphatic hydroxyl groups excluding tert-OH is 1. The molecule has 0 saturated heterocycles. The number of aryl methyl sites for hydroxylation is 1. The van der Waals surface area contributed by atoms with Crippen molar-refractivity contribution in [2.75, 3.05) is 0 Å². The molecule has 23 heavy (non-hydrogen) atoms. The Labute approximate surface area is 133 Å². The Morgan fingerprint density at radius 2 is 2.00 bits per heavy atom. The van der Waals surface area contributed by atoms with E-state index in [4.69, 9.17) is 0 Å². The third kappa shape index (κ3) is 1.74. The first-order valence-corrected chi connectivity index (χ1v) is 7.92. The summed E-state index contributed by atoms with van der Waals surface area (Å²) in [5.41, 5.74) is 5.47. The summed E-state index contributed by atoms with van der Waals surface area (Å²) in [7, 11) is 0. The van der Waals surface area contributed by atoms with Gasteiger partial charge in [0.05, 0.1) is 30.4 Å². The maximum Gasteiger partial charge on any atom is 0.115 e. The molecular weight excluding hydrogens is 288 g/mol. The van der Waals surface area contributed by atoms with Gasteiger partial charge in [-0.3, -0.25) is 0 Å². The van der Waals surface area contributed by atoms with Crippen LogP contribution in [-0.4, -0.2) is 24.6 Å². The fourth-order valence-electron chi connectivity index (χ4n) is 4.15. The van der Waals surface area contributed by atoms with Crippen molar-refractivity contribution in [2.45, 2.75) is 25.0 Å². The van der Waals surface area contributed by atoms with E-state index in [2.05, 4.69) is 43.8 Å². The molecule has 0 bridgehead atoms. The van der Waals surface area contributed by atoms with Crippen molar-refractivity contribution in [3.63, 3.8) is 0 Å². The number of aromatic nitrogens is 4. The van der Waals surface area contributed by atoms with Crippen LogP contribution in [0.15, 0.2) is 49.3 Å². The van der Waals surface area contributed by atoms with Crippen molar-refractivity contribution in [2.24, 2.45) is 5.92 Å². The summed E-state index contributed by atoms with van der Waals surface area (Å²) in [4.78, 5) is 12.7. The van der Waals surface area contributed by atoms with Gasteiger partial charge in [-0.15, -0.1) is 0 Å². The molecule has 3 atom stereocenters. The summed E-state index contributed by atoms with van der Waals surface area (Å²) in [5.74, 6) is 0.102. The molecular formula is C18H16N4O. The molecule has 0 saturated carbocycles. The summed E-state index contributed by atoms with van der Waals surface area (Å²) >= 11 is 0. The maximum absolute atomic E-state index is 11.0. The highest BCUT2D eigenvalue weighted by atomic mass is 16.3. The summed E-state index contributed by atoms with van der Waals surface area (Å²) in [6.07, 6.45) is 8.34. The molecule has 0 amide bonds. The largest absolute Gasteiger partial charge is 0.388 e. The molecule has 1 aromatic carbocycles. The molecule has 0 unspecified atom stereocenters. The average Bonchev–Trinajstić information content (AvgIpc) is 3.17. The summed E-state index contributed by atoms with van der Waals surface area (Å²) < 4.78 is 2.20. The summed E-state index contributed by atoms with van der Waals surface area (Å²) in [6, 6.07) is 8.54. The quantitative estimate of drug-likeness (QED) is 0.750. The van der Waals surface area contributed by atoms with Crippen LogP contribution in [0.4, 0.5) is 0 Å². The Balaban J connectivity index is 1.64. The monoisotopic (exact) mass is 304 g/mol. The van der Waals surface area contributed by atoms with Crippen molar-refractivity contribution in [1.29, 1.82) is 0 Å². The number of hydrogen-bond donors (Lipinski definition) is 1. The van der Waals surface area contributed by atoms with Gasteiger partial charge in [0.15, 0.2) is 0 Å². The number of fused-ring (bicyclic) bond motifs is 4. The molecule has 1 N–H and O–H groups in total. The molecule has 1 aliphatic carbocycles. The van der Waals surface area contributed by atoms with Crippen molar-refractivity contribution in [1.82, 2.24) is 19.5 Å². The lowest BCUT2D eigenvalue weighted by molar-refractivity contribution is 0.0706. The number of hydrogen-bond acceptors (Lipinski definition) is 4. The minimum atomic E-state index is -0.550. The fourth-order valence-corrected chi connectivity index (χ4v) is 4.15. The third-order valence-corrected chi connectivity index (χ3v) is 5.19. The Bertz CT molecular complexity index is 888. The zero-order valence-corrected chi connectivity index (χ0v) is 12.5. The van der Waals surface area contributed by atoms with Crippen molar-refractivity contribution in [3.8, 4) is 11.3 Å². The normalized spacial score (nSPS) is 24.8. The van der Waals surface area contributed by atoms with Gasteiger partial charge in [0, 0.05) is 28.9 Å². The second-order valence-electron chi connectivity index (χ2n) is 6.29. The zero-order valence-electron chi connectivity index (χ0n) is 12.5. The Morgan fingerprint density at radius 3 is 2.96 bits per heavy atom. The van der Waals surface area contributed by atoms with Crippen LogP contribution in [0.5, 0.6) is 0 Å². The molecule has 0 radical (unpaired) electrons. The second-order valence-corrected chi connectivity index (χ2v) is 6.29. The predicted molar refractivity (Wildman–Crippen MR) is 84.6 cm³/mol. The van der Waals surface area contributed by atoms with Gasteiger partial charge in [-0.2, -0.15) is 0 Å². The summed E-state index contributed by atoms with van der Waals surface area (Å²) in [6.45, 7) is 0. The van der Waals surface area contributed by atoms with Crippen LogP contribution >= 0.6 is 0 Å². The van der Waals surface area contributed by atoms with Gasteiger partial charge in [-0.05, 0) is 18.4 Å². The van der Waals surface area contributed by atoms with E-state index in [0.717, 1.165) is 29.8 Å². The van der Waals surface area contributed by atoms with E-state index in [9.17, 15) is 5.11 Å². The van der Waals surface area contributed by atoms with E-state index in [0.29, 0.717) is 0 Å². The fraction of sp³-hybridized carbons (Fsp3) is 0.278. The molecule has 2 aliphatic rings. The Hall–Kier alpha value is -2.53. The standard InChI is InChI=1S/C18H16N4O/c23-18-13(5-6-15-14(18)7-19-9-21-15)17-12-4-2-1-3-11(12)16-8-20-10-22(16)17/h1-4,7-10,13,17-18,23H,5-6H2/t13-,17+,18+/m1/s1. The molecule has 0 fully saturated rings. The van der Waals surface area contributed by atoms with Crippen molar-refractivity contribution in [3.05, 3.63) is 66.1 Å². The van der Waals surface area contributed by atoms with Crippen LogP contribution in [0.25, 0.3) is 11.3 Å². The lowest BCUT2D eigenvalue weighted by atomic mass is 9.78. The van der Waals surface area contributed by atoms with Gasteiger partial charge < -0.3 is 9.67 Å². The van der Waals surface area contributed by atoms with E-state index >= 15 is 0 Å². The van der Waals surface area contributed by atoms with Crippen LogP contribution < -0.4 is 0 Å². The van der Waals surface area contributed by atoms with Crippen molar-refractivity contribution < 1.29 is 5.11 Å². The molecule has 2 aromatic heterocycles. The second kappa shape index (κ2) is 4.73. The molecule has 0 spiro atoms. The van der Waals surface area contributed by atoms with E-state index in [1.54, 1.807) is 12.5 Å². The Kier molecular flexibility index (Phi) is 2.67. The smallest absolute Gasteiger partial charge is 0.115 e. The first-order valence-electron chi connectivity index (χ1n) is 7.92. The van der Waals surface area contributed by atoms with E-state index in [-0.39, 0.29) is 12.0 Å². The summed E-state index contributed by atoms with van der Waals surface area (Å²) in [5, 5.41) is 11.0. The van der Waals surface area contributed by atoms with Crippen molar-refractivity contribution >= 4 is 0 Å². The molecule has 5 heteroatoms. The van der Waals surface area contributed by atoms with Gasteiger partial charge in [0.1, 0.15) is 6.33 Å². The first kappa shape index (κ1) is 13.0. The third-order valence-electron chi connectivity index (χ3n) is 5.19. The lowest BCUT2D eigenvalue weighted by Crippen LogP contribution is -2.29. The topological polar surface area (TPSA) is 63.8 Å². The van der Waals surface area contributed by atoms with E-state index in [1.807, 2.05) is 12.5 Å². The van der Waals surface area contributed by atoms with Crippen LogP contribution in [-0.2, 0) is 6.42 Å². The highest BCUT2D eigenvalue weighted by Gasteiger charge is 2.40. The van der Waals surface area contributed by atoms with Gasteiger partial charge in [-0.25, -0.2) is 15.0 Å². The minimum Gasteiger partial charge on any atom is -0.388 e. The molecule has 114 valence electrons. The molecule has 5 rings (SSSR count). The molecule has 3 aromatic rings. The van der Waals surface area contributed by atoms with Crippen LogP contribution in [0, 0.1) is 5.92 Å². The highest BCUT2D eigenvalue weighted by molar-refractivity contribution is 5.69.